The van der Waals surface area contributed by atoms with Gasteiger partial charge < -0.3 is 0 Å². The molecule has 4 aliphatic rings. The van der Waals surface area contributed by atoms with Crippen molar-refractivity contribution >= 4 is 11.6 Å². The van der Waals surface area contributed by atoms with Gasteiger partial charge in [-0.2, -0.15) is 0 Å². The number of ketones is 2. The molecule has 2 heteroatoms. The van der Waals surface area contributed by atoms with Gasteiger partial charge in [-0.3, -0.25) is 9.59 Å². The molecule has 0 aromatic heterocycles. The zero-order valence-corrected chi connectivity index (χ0v) is 19.6. The summed E-state index contributed by atoms with van der Waals surface area (Å²) in [5.74, 6) is 5.25. The van der Waals surface area contributed by atoms with Crippen LogP contribution in [-0.4, -0.2) is 11.6 Å². The van der Waals surface area contributed by atoms with Crippen molar-refractivity contribution in [1.82, 2.24) is 0 Å². The van der Waals surface area contributed by atoms with Crippen molar-refractivity contribution in [3.8, 4) is 0 Å². The number of Topliss-reactive ketones (excluding diaryl/α,β-unsaturated/α-hetero) is 2. The molecule has 29 heavy (non-hydrogen) atoms. The molecule has 2 nitrogen and oxygen atoms in total. The summed E-state index contributed by atoms with van der Waals surface area (Å²) in [6.07, 6.45) is 12.4. The summed E-state index contributed by atoms with van der Waals surface area (Å²) in [5, 5.41) is 0. The molecule has 0 amide bonds. The highest BCUT2D eigenvalue weighted by Gasteiger charge is 2.62. The number of hydrogen-bond donors (Lipinski definition) is 0. The zero-order valence-electron chi connectivity index (χ0n) is 19.6. The minimum absolute atomic E-state index is 0.0292. The van der Waals surface area contributed by atoms with Crippen LogP contribution in [0.2, 0.25) is 0 Å². The van der Waals surface area contributed by atoms with E-state index >= 15 is 0 Å². The molecule has 0 saturated heterocycles. The molecule has 0 bridgehead atoms. The van der Waals surface area contributed by atoms with Crippen molar-refractivity contribution in [3.63, 3.8) is 0 Å². The van der Waals surface area contributed by atoms with Gasteiger partial charge in [0.15, 0.2) is 0 Å². The Hall–Kier alpha value is -0.660. The van der Waals surface area contributed by atoms with Gasteiger partial charge in [0.25, 0.3) is 0 Å². The zero-order chi connectivity index (χ0) is 21.0. The molecule has 0 N–H and O–H groups in total. The highest BCUT2D eigenvalue weighted by molar-refractivity contribution is 5.90. The van der Waals surface area contributed by atoms with E-state index < -0.39 is 0 Å². The molecule has 4 aliphatic carbocycles. The van der Waals surface area contributed by atoms with Crippen LogP contribution >= 0.6 is 0 Å². The fourth-order valence-electron chi connectivity index (χ4n) is 8.86. The van der Waals surface area contributed by atoms with Crippen molar-refractivity contribution in [3.05, 3.63) is 0 Å². The molecule has 8 atom stereocenters. The SMILES string of the molecule is CC(C)CCC[C@@H](C)[C@H]1CC[C@H]2[C@H]3CC(=O)[C@H]4CC(=O)CC[C@]4(C)[C@@H]3CC[C@]12C. The number of rotatable bonds is 5. The van der Waals surface area contributed by atoms with Gasteiger partial charge >= 0.3 is 0 Å². The minimum Gasteiger partial charge on any atom is -0.300 e. The van der Waals surface area contributed by atoms with Crippen LogP contribution in [0.15, 0.2) is 0 Å². The Morgan fingerprint density at radius 2 is 1.62 bits per heavy atom. The van der Waals surface area contributed by atoms with Crippen molar-refractivity contribution < 1.29 is 9.59 Å². The molecule has 0 unspecified atom stereocenters. The molecule has 0 aliphatic heterocycles. The van der Waals surface area contributed by atoms with Crippen LogP contribution < -0.4 is 0 Å². The minimum atomic E-state index is 0.0292. The Bertz CT molecular complexity index is 651. The molecule has 0 heterocycles. The summed E-state index contributed by atoms with van der Waals surface area (Å²) in [6.45, 7) is 12.2. The van der Waals surface area contributed by atoms with Gasteiger partial charge in [-0.05, 0) is 78.4 Å². The Labute approximate surface area is 179 Å². The van der Waals surface area contributed by atoms with Crippen molar-refractivity contribution in [1.29, 1.82) is 0 Å². The van der Waals surface area contributed by atoms with Crippen LogP contribution in [0.5, 0.6) is 0 Å². The summed E-state index contributed by atoms with van der Waals surface area (Å²) in [4.78, 5) is 25.3. The monoisotopic (exact) mass is 400 g/mol. The molecular weight excluding hydrogens is 356 g/mol. The second-order valence-corrected chi connectivity index (χ2v) is 12.4. The van der Waals surface area contributed by atoms with Crippen LogP contribution in [0, 0.1) is 52.3 Å². The van der Waals surface area contributed by atoms with Gasteiger partial charge in [-0.15, -0.1) is 0 Å². The fourth-order valence-corrected chi connectivity index (χ4v) is 8.86. The quantitative estimate of drug-likeness (QED) is 0.505. The molecule has 0 spiro atoms. The topological polar surface area (TPSA) is 34.1 Å². The van der Waals surface area contributed by atoms with Crippen molar-refractivity contribution in [2.24, 2.45) is 52.3 Å². The van der Waals surface area contributed by atoms with E-state index in [0.29, 0.717) is 41.7 Å². The molecule has 4 saturated carbocycles. The van der Waals surface area contributed by atoms with E-state index in [1.807, 2.05) is 0 Å². The Kier molecular flexibility index (Phi) is 5.79. The number of carbonyl (C=O) groups is 2. The van der Waals surface area contributed by atoms with E-state index in [1.54, 1.807) is 0 Å². The lowest BCUT2D eigenvalue weighted by Crippen LogP contribution is -2.56. The Balaban J connectivity index is 1.51. The molecule has 4 rings (SSSR count). The van der Waals surface area contributed by atoms with Crippen LogP contribution in [-0.2, 0) is 9.59 Å². The van der Waals surface area contributed by atoms with Crippen LogP contribution in [0.3, 0.4) is 0 Å². The van der Waals surface area contributed by atoms with E-state index in [1.165, 1.54) is 44.9 Å². The lowest BCUT2D eigenvalue weighted by atomic mass is 9.44. The highest BCUT2D eigenvalue weighted by atomic mass is 16.1. The van der Waals surface area contributed by atoms with Gasteiger partial charge in [0.05, 0.1) is 0 Å². The standard InChI is InChI=1S/C27H44O2/c1-17(2)7-6-8-18(3)21-9-10-22-20-16-25(29)24-15-19(28)11-13-27(24,5)23(20)12-14-26(21,22)4/h17-18,20-24H,6-16H2,1-5H3/t18-,20-,21-,22+,23-,24-,26-,27-/m1/s1. The molecule has 4 fully saturated rings. The predicted molar refractivity (Wildman–Crippen MR) is 118 cm³/mol. The first-order valence-corrected chi connectivity index (χ1v) is 12.7. The fraction of sp³-hybridized carbons (Fsp3) is 0.926. The van der Waals surface area contributed by atoms with Crippen molar-refractivity contribution in [2.45, 2.75) is 105 Å². The summed E-state index contributed by atoms with van der Waals surface area (Å²) < 4.78 is 0. The van der Waals surface area contributed by atoms with Crippen LogP contribution in [0.25, 0.3) is 0 Å². The third kappa shape index (κ3) is 3.55. The normalized spacial score (nSPS) is 45.7. The lowest BCUT2D eigenvalue weighted by Gasteiger charge is -2.59. The molecule has 164 valence electrons. The Morgan fingerprint density at radius 3 is 2.34 bits per heavy atom. The van der Waals surface area contributed by atoms with Crippen molar-refractivity contribution in [2.75, 3.05) is 0 Å². The maximum absolute atomic E-state index is 13.2. The third-order valence-electron chi connectivity index (χ3n) is 10.5. The first kappa shape index (κ1) is 21.6. The smallest absolute Gasteiger partial charge is 0.137 e. The first-order valence-electron chi connectivity index (χ1n) is 12.7. The average molecular weight is 401 g/mol. The average Bonchev–Trinajstić information content (AvgIpc) is 3.00. The summed E-state index contributed by atoms with van der Waals surface area (Å²) in [5.41, 5.74) is 0.530. The Morgan fingerprint density at radius 1 is 0.897 bits per heavy atom. The first-order chi connectivity index (χ1) is 13.7. The molecule has 0 aromatic carbocycles. The number of carbonyl (C=O) groups excluding carboxylic acids is 2. The summed E-state index contributed by atoms with van der Waals surface area (Å²) in [7, 11) is 0. The lowest BCUT2D eigenvalue weighted by molar-refractivity contribution is -0.159. The van der Waals surface area contributed by atoms with Crippen LogP contribution in [0.4, 0.5) is 0 Å². The second-order valence-electron chi connectivity index (χ2n) is 12.4. The van der Waals surface area contributed by atoms with Crippen LogP contribution in [0.1, 0.15) is 105 Å². The molecular formula is C27H44O2. The highest BCUT2D eigenvalue weighted by Crippen LogP contribution is 2.67. The maximum atomic E-state index is 13.2. The maximum Gasteiger partial charge on any atom is 0.137 e. The molecule has 0 aromatic rings. The summed E-state index contributed by atoms with van der Waals surface area (Å²) in [6, 6.07) is 0. The largest absolute Gasteiger partial charge is 0.300 e. The van der Waals surface area contributed by atoms with E-state index in [4.69, 9.17) is 0 Å². The van der Waals surface area contributed by atoms with Gasteiger partial charge in [0.2, 0.25) is 0 Å². The number of fused-ring (bicyclic) bond motifs is 5. The number of hydrogen-bond acceptors (Lipinski definition) is 2. The predicted octanol–water partition coefficient (Wildman–Crippen LogP) is 6.86. The molecule has 0 radical (unpaired) electrons. The van der Waals surface area contributed by atoms with Gasteiger partial charge in [-0.1, -0.05) is 53.9 Å². The van der Waals surface area contributed by atoms with E-state index in [-0.39, 0.29) is 11.3 Å². The summed E-state index contributed by atoms with van der Waals surface area (Å²) >= 11 is 0. The second kappa shape index (κ2) is 7.79. The van der Waals surface area contributed by atoms with Gasteiger partial charge in [0.1, 0.15) is 11.6 Å². The van der Waals surface area contributed by atoms with Gasteiger partial charge in [0, 0.05) is 25.2 Å². The van der Waals surface area contributed by atoms with E-state index in [2.05, 4.69) is 34.6 Å². The van der Waals surface area contributed by atoms with E-state index in [9.17, 15) is 9.59 Å². The van der Waals surface area contributed by atoms with E-state index in [0.717, 1.165) is 36.5 Å². The third-order valence-corrected chi connectivity index (χ3v) is 10.5. The van der Waals surface area contributed by atoms with Gasteiger partial charge in [-0.25, -0.2) is 0 Å².